The third-order valence-corrected chi connectivity index (χ3v) is 8.66. The van der Waals surface area contributed by atoms with Crippen molar-refractivity contribution in [3.8, 4) is 0 Å². The van der Waals surface area contributed by atoms with E-state index in [2.05, 4.69) is 0 Å². The molecule has 0 unspecified atom stereocenters. The second kappa shape index (κ2) is 8.28. The van der Waals surface area contributed by atoms with Gasteiger partial charge in [0.05, 0.1) is 0 Å². The Morgan fingerprint density at radius 3 is 0.971 bits per heavy atom. The average Bonchev–Trinajstić information content (AvgIpc) is 3.30. The van der Waals surface area contributed by atoms with Gasteiger partial charge in [0, 0.05) is 0 Å². The number of halogens is 1. The number of carbonyl (C=O) groups excluding carboxylic acids is 4. The monoisotopic (exact) mass is 571 g/mol. The molecule has 0 saturated carbocycles. The van der Waals surface area contributed by atoms with Gasteiger partial charge in [0.2, 0.25) is 0 Å². The summed E-state index contributed by atoms with van der Waals surface area (Å²) in [7, 11) is 0. The van der Waals surface area contributed by atoms with Gasteiger partial charge in [0.25, 0.3) is 0 Å². The van der Waals surface area contributed by atoms with Gasteiger partial charge in [0.15, 0.2) is 0 Å². The molecule has 0 atom stereocenters. The van der Waals surface area contributed by atoms with Crippen molar-refractivity contribution in [1.82, 2.24) is 0 Å². The van der Waals surface area contributed by atoms with Crippen LogP contribution >= 0.6 is 0 Å². The second-order valence-electron chi connectivity index (χ2n) is 8.03. The maximum atomic E-state index is 12.7. The van der Waals surface area contributed by atoms with Gasteiger partial charge in [-0.3, -0.25) is 0 Å². The van der Waals surface area contributed by atoms with E-state index >= 15 is 0 Å². The van der Waals surface area contributed by atoms with E-state index in [4.69, 9.17) is 0 Å². The molecule has 2 aliphatic heterocycles. The van der Waals surface area contributed by atoms with Crippen LogP contribution in [0.25, 0.3) is 0 Å². The quantitative estimate of drug-likeness (QED) is 0.275. The van der Waals surface area contributed by atoms with Crippen LogP contribution in [0.3, 0.4) is 0 Å². The average molecular weight is 571 g/mol. The van der Waals surface area contributed by atoms with Gasteiger partial charge in [-0.1, -0.05) is 0 Å². The van der Waals surface area contributed by atoms with Gasteiger partial charge < -0.3 is 0 Å². The van der Waals surface area contributed by atoms with Gasteiger partial charge in [0.1, 0.15) is 0 Å². The number of fused-ring (bicyclic) bond motifs is 2. The summed E-state index contributed by atoms with van der Waals surface area (Å²) in [5, 5.41) is 0. The predicted octanol–water partition coefficient (Wildman–Crippen LogP) is 1.42. The number of benzene rings is 4. The fourth-order valence-electron chi connectivity index (χ4n) is 4.28. The van der Waals surface area contributed by atoms with Crippen molar-refractivity contribution < 1.29 is 40.4 Å². The Kier molecular flexibility index (Phi) is 5.07. The molecule has 2 aliphatic rings. The Morgan fingerprint density at radius 2 is 0.686 bits per heavy atom. The predicted molar refractivity (Wildman–Crippen MR) is 125 cm³/mol. The topological polar surface area (TPSA) is 74.8 Å². The summed E-state index contributed by atoms with van der Waals surface area (Å²) in [4.78, 5) is 53.2. The molecule has 0 aromatic heterocycles. The first kappa shape index (κ1) is 21.4. The molecule has 6 rings (SSSR count). The van der Waals surface area contributed by atoms with E-state index in [0.717, 1.165) is 7.14 Å². The van der Waals surface area contributed by atoms with E-state index in [9.17, 15) is 19.2 Å². The van der Waals surface area contributed by atoms with Gasteiger partial charge >= 0.3 is 212 Å². The molecule has 35 heavy (non-hydrogen) atoms. The summed E-state index contributed by atoms with van der Waals surface area (Å²) in [5.41, 5.74) is 2.79. The fraction of sp³-hybridized carbons (Fsp3) is 0. The standard InChI is InChI=1S/C28H16IN2O4/c32-25-21-5-1-2-6-22(21)26(33)30(25)19-13-9-17(10-14-19)29-18-11-15-20(16-12-18)31-27(34)23-7-3-4-8-24(23)28(31)35/h1-16H/q-1. The van der Waals surface area contributed by atoms with Crippen molar-refractivity contribution in [3.05, 3.63) is 126 Å². The van der Waals surface area contributed by atoms with Crippen LogP contribution in [0.15, 0.2) is 97.1 Å². The van der Waals surface area contributed by atoms with Gasteiger partial charge in [-0.05, 0) is 0 Å². The molecule has 4 aromatic carbocycles. The van der Waals surface area contributed by atoms with Crippen molar-refractivity contribution >= 4 is 35.0 Å². The molecule has 0 N–H and O–H groups in total. The van der Waals surface area contributed by atoms with Crippen molar-refractivity contribution in [2.45, 2.75) is 0 Å². The van der Waals surface area contributed by atoms with E-state index in [0.29, 0.717) is 33.6 Å². The maximum absolute atomic E-state index is 12.7. The number of amides is 4. The summed E-state index contributed by atoms with van der Waals surface area (Å²) in [6, 6.07) is 28.6. The van der Waals surface area contributed by atoms with Crippen LogP contribution < -0.4 is 31.0 Å². The van der Waals surface area contributed by atoms with E-state index in [-0.39, 0.29) is 23.6 Å². The van der Waals surface area contributed by atoms with Crippen molar-refractivity contribution in [2.75, 3.05) is 9.80 Å². The number of rotatable bonds is 4. The first-order chi connectivity index (χ1) is 17.0. The Bertz CT molecular complexity index is 1360. The van der Waals surface area contributed by atoms with Crippen LogP contribution in [0.1, 0.15) is 41.4 Å². The molecule has 7 heteroatoms. The molecule has 0 saturated heterocycles. The van der Waals surface area contributed by atoms with Crippen molar-refractivity contribution in [3.63, 3.8) is 0 Å². The Labute approximate surface area is 211 Å². The van der Waals surface area contributed by atoms with E-state index in [1.807, 2.05) is 24.3 Å². The van der Waals surface area contributed by atoms with Crippen LogP contribution in [-0.2, 0) is 0 Å². The third-order valence-electron chi connectivity index (χ3n) is 5.98. The van der Waals surface area contributed by atoms with E-state index in [1.165, 1.54) is 9.80 Å². The zero-order valence-corrected chi connectivity index (χ0v) is 20.3. The molecule has 170 valence electrons. The zero-order valence-electron chi connectivity index (χ0n) is 18.1. The molecular formula is C28H16IN2O4-. The van der Waals surface area contributed by atoms with Crippen LogP contribution in [0, 0.1) is 7.14 Å². The second-order valence-corrected chi connectivity index (χ2v) is 11.1. The zero-order chi connectivity index (χ0) is 24.1. The number of nitrogens with zero attached hydrogens (tertiary/aromatic N) is 2. The first-order valence-electron chi connectivity index (χ1n) is 10.8. The van der Waals surface area contributed by atoms with Gasteiger partial charge in [-0.15, -0.1) is 0 Å². The van der Waals surface area contributed by atoms with Crippen molar-refractivity contribution in [1.29, 1.82) is 0 Å². The summed E-state index contributed by atoms with van der Waals surface area (Å²) >= 11 is -0.540. The number of carbonyl (C=O) groups is 4. The summed E-state index contributed by atoms with van der Waals surface area (Å²) < 4.78 is 2.22. The number of hydrogen-bond donors (Lipinski definition) is 0. The Balaban J connectivity index is 1.18. The molecule has 0 radical (unpaired) electrons. The van der Waals surface area contributed by atoms with Crippen LogP contribution in [0.4, 0.5) is 11.4 Å². The third kappa shape index (κ3) is 3.47. The Morgan fingerprint density at radius 1 is 0.400 bits per heavy atom. The SMILES string of the molecule is O=C1c2ccccc2C(=O)N1c1ccc([I-]c2ccc(N3C(=O)c4ccccc4C3=O)cc2)cc1. The van der Waals surface area contributed by atoms with Crippen molar-refractivity contribution in [2.24, 2.45) is 0 Å². The first-order valence-corrected chi connectivity index (χ1v) is 13.0. The van der Waals surface area contributed by atoms with Crippen LogP contribution in [0.2, 0.25) is 0 Å². The molecule has 4 aromatic rings. The van der Waals surface area contributed by atoms with Crippen LogP contribution in [-0.4, -0.2) is 23.6 Å². The molecule has 2 heterocycles. The fourth-order valence-corrected chi connectivity index (χ4v) is 6.44. The molecule has 6 nitrogen and oxygen atoms in total. The number of hydrogen-bond acceptors (Lipinski definition) is 4. The summed E-state index contributed by atoms with van der Waals surface area (Å²) in [6.45, 7) is 0. The number of anilines is 2. The van der Waals surface area contributed by atoms with Gasteiger partial charge in [-0.2, -0.15) is 0 Å². The molecule has 0 fully saturated rings. The molecule has 0 bridgehead atoms. The summed E-state index contributed by atoms with van der Waals surface area (Å²) in [5.74, 6) is -1.23. The van der Waals surface area contributed by atoms with E-state index < -0.39 is 21.2 Å². The number of imide groups is 2. The minimum absolute atomic E-state index is 0.309. The summed E-state index contributed by atoms with van der Waals surface area (Å²) in [6.07, 6.45) is 0. The minimum atomic E-state index is -0.540. The normalized spacial score (nSPS) is 14.6. The molecule has 0 aliphatic carbocycles. The van der Waals surface area contributed by atoms with E-state index in [1.54, 1.807) is 72.8 Å². The molecule has 0 spiro atoms. The van der Waals surface area contributed by atoms with Crippen LogP contribution in [0.5, 0.6) is 0 Å². The molecular weight excluding hydrogens is 555 g/mol. The van der Waals surface area contributed by atoms with Gasteiger partial charge in [-0.25, -0.2) is 0 Å². The Hall–Kier alpha value is -4.11. The molecule has 4 amide bonds.